The summed E-state index contributed by atoms with van der Waals surface area (Å²) >= 11 is 6.57. The number of anilines is 1. The molecule has 2 fully saturated rings. The molecule has 2 aliphatic heterocycles. The highest BCUT2D eigenvalue weighted by atomic mass is 32.2. The molecule has 2 saturated heterocycles. The van der Waals surface area contributed by atoms with E-state index in [9.17, 15) is 4.79 Å². The Balaban J connectivity index is 2.20. The molecule has 0 aromatic heterocycles. The van der Waals surface area contributed by atoms with Gasteiger partial charge in [0.1, 0.15) is 15.0 Å². The van der Waals surface area contributed by atoms with E-state index in [0.717, 1.165) is 5.69 Å². The van der Waals surface area contributed by atoms with Crippen LogP contribution in [0.4, 0.5) is 5.69 Å². The minimum absolute atomic E-state index is 0.147. The molecular formula is C19H16N2O2S2. The van der Waals surface area contributed by atoms with Gasteiger partial charge in [-0.15, -0.1) is 6.42 Å². The number of hydrogen-bond acceptors (Lipinski definition) is 5. The first kappa shape index (κ1) is 17.3. The number of allylic oxidation sites excluding steroid dienone is 2. The number of benzene rings is 1. The van der Waals surface area contributed by atoms with E-state index in [4.69, 9.17) is 23.4 Å². The highest BCUT2D eigenvalue weighted by molar-refractivity contribution is 8.26. The number of terminal acetylenes is 1. The maximum Gasteiger partial charge on any atom is 0.271 e. The fourth-order valence-electron chi connectivity index (χ4n) is 2.62. The number of nitrogens with zero attached hydrogens (tertiary/aromatic N) is 2. The van der Waals surface area contributed by atoms with Crippen LogP contribution in [-0.4, -0.2) is 21.7 Å². The molecule has 25 heavy (non-hydrogen) atoms. The Morgan fingerprint density at radius 2 is 2.08 bits per heavy atom. The van der Waals surface area contributed by atoms with Gasteiger partial charge in [-0.2, -0.15) is 0 Å². The summed E-state index contributed by atoms with van der Waals surface area (Å²) in [4.78, 5) is 16.6. The van der Waals surface area contributed by atoms with Crippen LogP contribution in [0.3, 0.4) is 0 Å². The van der Waals surface area contributed by atoms with Crippen molar-refractivity contribution in [2.24, 2.45) is 0 Å². The van der Waals surface area contributed by atoms with Crippen molar-refractivity contribution in [2.75, 3.05) is 11.4 Å². The first-order valence-corrected chi connectivity index (χ1v) is 8.98. The highest BCUT2D eigenvalue weighted by Gasteiger charge is 2.41. The third-order valence-corrected chi connectivity index (χ3v) is 5.18. The minimum Gasteiger partial charge on any atom is -0.437 e. The van der Waals surface area contributed by atoms with E-state index in [-0.39, 0.29) is 5.91 Å². The fraction of sp³-hybridized carbons (Fsp3) is 0.158. The normalized spacial score (nSPS) is 23.6. The second kappa shape index (κ2) is 7.18. The Kier molecular flexibility index (Phi) is 4.98. The van der Waals surface area contributed by atoms with Crippen LogP contribution in [0.1, 0.15) is 13.8 Å². The Morgan fingerprint density at radius 1 is 1.36 bits per heavy atom. The molecule has 6 heteroatoms. The molecule has 0 saturated carbocycles. The molecule has 2 heterocycles. The molecule has 126 valence electrons. The molecule has 0 spiro atoms. The summed E-state index contributed by atoms with van der Waals surface area (Å²) in [6, 6.07) is 9.65. The number of thioether (sulfide) groups is 1. The summed E-state index contributed by atoms with van der Waals surface area (Å²) in [5, 5.41) is 0. The standard InChI is InChI=1S/C19H16N2O2S2/c1-4-10-14-15(5-2)23-18(21(14)13-11-8-7-9-12-13)16-17(22)20(6-3)19(24)25-16/h1,5,7-12H,6H2,2-3H3/b14-10+,15-5+,18-16-. The van der Waals surface area contributed by atoms with E-state index in [1.54, 1.807) is 11.0 Å². The fourth-order valence-corrected chi connectivity index (χ4v) is 4.00. The Hall–Kier alpha value is -2.49. The van der Waals surface area contributed by atoms with Crippen LogP contribution in [0.5, 0.6) is 0 Å². The van der Waals surface area contributed by atoms with Gasteiger partial charge in [0.25, 0.3) is 5.91 Å². The summed E-state index contributed by atoms with van der Waals surface area (Å²) in [5.74, 6) is 3.45. The Bertz CT molecular complexity index is 863. The summed E-state index contributed by atoms with van der Waals surface area (Å²) in [6.07, 6.45) is 8.97. The minimum atomic E-state index is -0.147. The predicted molar refractivity (Wildman–Crippen MR) is 105 cm³/mol. The Morgan fingerprint density at radius 3 is 2.64 bits per heavy atom. The number of carbonyl (C=O) groups excluding carboxylic acids is 1. The van der Waals surface area contributed by atoms with Gasteiger partial charge in [-0.05, 0) is 43.8 Å². The van der Waals surface area contributed by atoms with Crippen molar-refractivity contribution in [3.63, 3.8) is 0 Å². The molecule has 1 aromatic rings. The van der Waals surface area contributed by atoms with E-state index in [0.29, 0.717) is 33.1 Å². The molecule has 0 N–H and O–H groups in total. The number of amides is 1. The molecule has 1 aromatic carbocycles. The van der Waals surface area contributed by atoms with Crippen molar-refractivity contribution >= 4 is 39.9 Å². The predicted octanol–water partition coefficient (Wildman–Crippen LogP) is 3.99. The average molecular weight is 368 g/mol. The van der Waals surface area contributed by atoms with E-state index in [1.165, 1.54) is 11.8 Å². The van der Waals surface area contributed by atoms with E-state index >= 15 is 0 Å². The van der Waals surface area contributed by atoms with Gasteiger partial charge in [-0.3, -0.25) is 14.6 Å². The number of likely N-dealkylation sites (N-methyl/N-ethyl adjacent to an activating group) is 1. The van der Waals surface area contributed by atoms with Crippen molar-refractivity contribution < 1.29 is 9.53 Å². The van der Waals surface area contributed by atoms with Gasteiger partial charge >= 0.3 is 0 Å². The molecule has 2 aliphatic rings. The molecular weight excluding hydrogens is 352 g/mol. The van der Waals surface area contributed by atoms with Crippen molar-refractivity contribution in [2.45, 2.75) is 13.8 Å². The largest absolute Gasteiger partial charge is 0.437 e. The zero-order valence-corrected chi connectivity index (χ0v) is 15.5. The first-order chi connectivity index (χ1) is 12.1. The molecule has 0 unspecified atom stereocenters. The summed E-state index contributed by atoms with van der Waals surface area (Å²) in [6.45, 7) is 4.28. The smallest absolute Gasteiger partial charge is 0.271 e. The number of para-hydroxylation sites is 1. The summed E-state index contributed by atoms with van der Waals surface area (Å²) in [5.41, 5.74) is 1.57. The lowest BCUT2D eigenvalue weighted by atomic mass is 10.2. The van der Waals surface area contributed by atoms with Crippen LogP contribution in [0.15, 0.2) is 64.7 Å². The maximum absolute atomic E-state index is 12.7. The number of thiocarbonyl (C=S) groups is 1. The van der Waals surface area contributed by atoms with E-state index < -0.39 is 0 Å². The van der Waals surface area contributed by atoms with Gasteiger partial charge in [0.05, 0.1) is 5.70 Å². The third-order valence-electron chi connectivity index (χ3n) is 3.76. The zero-order valence-electron chi connectivity index (χ0n) is 13.9. The van der Waals surface area contributed by atoms with Crippen molar-refractivity contribution in [1.29, 1.82) is 0 Å². The molecule has 0 aliphatic carbocycles. The van der Waals surface area contributed by atoms with E-state index in [1.807, 2.05) is 55.2 Å². The van der Waals surface area contributed by atoms with Crippen molar-refractivity contribution in [3.05, 3.63) is 64.7 Å². The molecule has 0 atom stereocenters. The Labute approximate surface area is 156 Å². The van der Waals surface area contributed by atoms with Gasteiger partial charge in [-0.25, -0.2) is 0 Å². The number of ether oxygens (including phenoxy) is 1. The highest BCUT2D eigenvalue weighted by Crippen LogP contribution is 2.43. The number of rotatable bonds is 2. The first-order valence-electron chi connectivity index (χ1n) is 7.76. The van der Waals surface area contributed by atoms with Gasteiger partial charge in [-0.1, -0.05) is 36.3 Å². The van der Waals surface area contributed by atoms with Crippen LogP contribution in [0.25, 0.3) is 0 Å². The van der Waals surface area contributed by atoms with Crippen LogP contribution in [0.2, 0.25) is 0 Å². The van der Waals surface area contributed by atoms with E-state index in [2.05, 4.69) is 5.92 Å². The summed E-state index contributed by atoms with van der Waals surface area (Å²) in [7, 11) is 0. The van der Waals surface area contributed by atoms with Crippen molar-refractivity contribution in [3.8, 4) is 12.3 Å². The molecule has 0 bridgehead atoms. The molecule has 1 amide bonds. The lowest BCUT2D eigenvalue weighted by Gasteiger charge is -2.19. The van der Waals surface area contributed by atoms with Crippen LogP contribution < -0.4 is 4.90 Å². The average Bonchev–Trinajstić information content (AvgIpc) is 3.12. The van der Waals surface area contributed by atoms with Crippen LogP contribution >= 0.6 is 24.0 Å². The summed E-state index contributed by atoms with van der Waals surface area (Å²) < 4.78 is 6.54. The SMILES string of the molecule is C#C/C=C1\C(=C/C)O/C(=C2\SC(=S)N(CC)C2=O)N1c1ccccc1. The number of hydrogen-bond donors (Lipinski definition) is 0. The monoisotopic (exact) mass is 368 g/mol. The lowest BCUT2D eigenvalue weighted by molar-refractivity contribution is -0.122. The second-order valence-electron chi connectivity index (χ2n) is 5.17. The van der Waals surface area contributed by atoms with Crippen LogP contribution in [0, 0.1) is 12.3 Å². The van der Waals surface area contributed by atoms with Gasteiger partial charge in [0, 0.05) is 18.3 Å². The molecule has 3 rings (SSSR count). The molecule has 0 radical (unpaired) electrons. The number of carbonyl (C=O) groups is 1. The molecule has 4 nitrogen and oxygen atoms in total. The van der Waals surface area contributed by atoms with Gasteiger partial charge < -0.3 is 4.74 Å². The van der Waals surface area contributed by atoms with Gasteiger partial charge in [0.2, 0.25) is 5.88 Å². The topological polar surface area (TPSA) is 32.8 Å². The van der Waals surface area contributed by atoms with Crippen molar-refractivity contribution in [1.82, 2.24) is 4.90 Å². The van der Waals surface area contributed by atoms with Crippen LogP contribution in [-0.2, 0) is 9.53 Å². The zero-order chi connectivity index (χ0) is 18.0. The maximum atomic E-state index is 12.7. The quantitative estimate of drug-likeness (QED) is 0.448. The second-order valence-corrected chi connectivity index (χ2v) is 6.82. The lowest BCUT2D eigenvalue weighted by Crippen LogP contribution is -2.28. The van der Waals surface area contributed by atoms with Gasteiger partial charge in [0.15, 0.2) is 0 Å². The third kappa shape index (κ3) is 2.97.